The first-order valence-electron chi connectivity index (χ1n) is 8.49. The number of hydrogen-bond donors (Lipinski definition) is 2. The fourth-order valence-corrected chi connectivity index (χ4v) is 4.62. The number of ether oxygens (including phenoxy) is 1. The average Bonchev–Trinajstić information content (AvgIpc) is 3.12. The Morgan fingerprint density at radius 3 is 2.85 bits per heavy atom. The van der Waals surface area contributed by atoms with Crippen molar-refractivity contribution in [2.75, 3.05) is 24.6 Å². The highest BCUT2D eigenvalue weighted by molar-refractivity contribution is 7.47. The van der Waals surface area contributed by atoms with E-state index in [0.717, 1.165) is 13.1 Å². The number of phosphoric ester groups is 1. The predicted molar refractivity (Wildman–Crippen MR) is 94.5 cm³/mol. The summed E-state index contributed by atoms with van der Waals surface area (Å²) in [5.74, 6) is 0.620. The lowest BCUT2D eigenvalue weighted by atomic mass is 10.1. The average molecular weight is 420 g/mol. The molecular formula is C14H19ClN5O6P. The van der Waals surface area contributed by atoms with E-state index >= 15 is 0 Å². The Morgan fingerprint density at radius 2 is 2.15 bits per heavy atom. The molecule has 5 atom stereocenters. The van der Waals surface area contributed by atoms with E-state index in [1.165, 1.54) is 10.9 Å². The highest BCUT2D eigenvalue weighted by Gasteiger charge is 2.53. The van der Waals surface area contributed by atoms with E-state index in [-0.39, 0.29) is 11.9 Å². The summed E-state index contributed by atoms with van der Waals surface area (Å²) < 4.78 is 28.6. The number of imidazole rings is 1. The van der Waals surface area contributed by atoms with Gasteiger partial charge in [-0.25, -0.2) is 19.5 Å². The largest absolute Gasteiger partial charge is 0.472 e. The van der Waals surface area contributed by atoms with E-state index in [9.17, 15) is 14.6 Å². The number of aromatic nitrogens is 4. The molecule has 27 heavy (non-hydrogen) atoms. The van der Waals surface area contributed by atoms with Crippen LogP contribution >= 0.6 is 19.4 Å². The van der Waals surface area contributed by atoms with Crippen molar-refractivity contribution in [3.05, 3.63) is 11.6 Å². The van der Waals surface area contributed by atoms with Gasteiger partial charge in [0.15, 0.2) is 23.2 Å². The van der Waals surface area contributed by atoms with Crippen LogP contribution in [0.25, 0.3) is 11.2 Å². The van der Waals surface area contributed by atoms with Gasteiger partial charge >= 0.3 is 7.82 Å². The quantitative estimate of drug-likeness (QED) is 0.548. The summed E-state index contributed by atoms with van der Waals surface area (Å²) in [4.78, 5) is 24.4. The third kappa shape index (κ3) is 3.13. The number of hydrogen-bond acceptors (Lipinski definition) is 9. The van der Waals surface area contributed by atoms with Gasteiger partial charge in [-0.1, -0.05) is 0 Å². The second kappa shape index (κ2) is 6.93. The molecule has 2 aromatic rings. The molecule has 2 aliphatic heterocycles. The van der Waals surface area contributed by atoms with Crippen LogP contribution in [-0.4, -0.2) is 67.5 Å². The lowest BCUT2D eigenvalue weighted by Gasteiger charge is -2.27. The predicted octanol–water partition coefficient (Wildman–Crippen LogP) is 1.10. The molecule has 0 aliphatic carbocycles. The van der Waals surface area contributed by atoms with Gasteiger partial charge < -0.3 is 19.6 Å². The van der Waals surface area contributed by atoms with E-state index in [0.29, 0.717) is 17.0 Å². The van der Waals surface area contributed by atoms with Crippen molar-refractivity contribution in [2.24, 2.45) is 0 Å². The number of aliphatic hydroxyl groups is 1. The van der Waals surface area contributed by atoms with Crippen LogP contribution < -0.4 is 4.90 Å². The molecule has 4 rings (SSSR count). The maximum Gasteiger partial charge on any atom is 0.472 e. The zero-order valence-electron chi connectivity index (χ0n) is 14.6. The maximum absolute atomic E-state index is 11.7. The summed E-state index contributed by atoms with van der Waals surface area (Å²) in [6, 6.07) is 0. The van der Waals surface area contributed by atoms with Crippen molar-refractivity contribution >= 4 is 36.4 Å². The van der Waals surface area contributed by atoms with E-state index in [1.54, 1.807) is 0 Å². The van der Waals surface area contributed by atoms with Gasteiger partial charge in [-0.3, -0.25) is 13.6 Å². The molecule has 2 N–H and O–H groups in total. The molecule has 0 amide bonds. The molecule has 1 unspecified atom stereocenters. The SMILES string of the molecule is CCN(CC)c1ncnc2c1nc(Cl)n2[C@@H]1O[C@@H]2COP(=O)(O)O[C@H]2[C@H]1O. The molecule has 4 heterocycles. The fraction of sp³-hybridized carbons (Fsp3) is 0.643. The Morgan fingerprint density at radius 1 is 1.41 bits per heavy atom. The number of rotatable bonds is 4. The van der Waals surface area contributed by atoms with Crippen LogP contribution in [0.5, 0.6) is 0 Å². The van der Waals surface area contributed by atoms with E-state index in [4.69, 9.17) is 25.4 Å². The molecule has 2 saturated heterocycles. The molecule has 0 aromatic carbocycles. The first kappa shape index (κ1) is 19.0. The first-order chi connectivity index (χ1) is 12.9. The third-order valence-corrected chi connectivity index (χ3v) is 5.95. The van der Waals surface area contributed by atoms with E-state index in [2.05, 4.69) is 15.0 Å². The lowest BCUT2D eigenvalue weighted by molar-refractivity contribution is -0.0663. The van der Waals surface area contributed by atoms with Crippen LogP contribution in [0.3, 0.4) is 0 Å². The molecule has 2 fully saturated rings. The van der Waals surface area contributed by atoms with Crippen molar-refractivity contribution < 1.29 is 28.3 Å². The van der Waals surface area contributed by atoms with Crippen LogP contribution in [0.1, 0.15) is 20.1 Å². The minimum absolute atomic E-state index is 0.0507. The third-order valence-electron chi connectivity index (χ3n) is 4.70. The van der Waals surface area contributed by atoms with Crippen molar-refractivity contribution in [1.82, 2.24) is 19.5 Å². The zero-order valence-corrected chi connectivity index (χ0v) is 16.2. The smallest absolute Gasteiger partial charge is 0.386 e. The summed E-state index contributed by atoms with van der Waals surface area (Å²) >= 11 is 6.33. The maximum atomic E-state index is 11.7. The van der Waals surface area contributed by atoms with Gasteiger partial charge in [0.25, 0.3) is 0 Å². The van der Waals surface area contributed by atoms with Gasteiger partial charge in [-0.05, 0) is 25.4 Å². The van der Waals surface area contributed by atoms with Gasteiger partial charge in [0.2, 0.25) is 5.28 Å². The van der Waals surface area contributed by atoms with Crippen LogP contribution in [-0.2, 0) is 18.3 Å². The van der Waals surface area contributed by atoms with Gasteiger partial charge in [0, 0.05) is 13.1 Å². The van der Waals surface area contributed by atoms with Crippen molar-refractivity contribution in [3.63, 3.8) is 0 Å². The summed E-state index contributed by atoms with van der Waals surface area (Å²) in [6.07, 6.45) is -2.63. The number of anilines is 1. The number of aliphatic hydroxyl groups excluding tert-OH is 1. The highest BCUT2D eigenvalue weighted by Crippen LogP contribution is 2.52. The summed E-state index contributed by atoms with van der Waals surface area (Å²) in [5.41, 5.74) is 0.856. The summed E-state index contributed by atoms with van der Waals surface area (Å²) in [5, 5.41) is 10.7. The lowest BCUT2D eigenvalue weighted by Crippen LogP contribution is -2.39. The standard InChI is InChI=1S/C14H19ClN5O6P/c1-3-19(4-2)11-8-12(17-6-16-11)20(14(15)18-8)13-9(21)10-7(25-13)5-24-27(22,23)26-10/h6-7,9-10,13,21H,3-5H2,1-2H3,(H,22,23)/t7-,9-,10-,13-/m1/s1. The highest BCUT2D eigenvalue weighted by atomic mass is 35.5. The van der Waals surface area contributed by atoms with Crippen molar-refractivity contribution in [2.45, 2.75) is 38.4 Å². The monoisotopic (exact) mass is 419 g/mol. The Kier molecular flexibility index (Phi) is 4.88. The number of phosphoric acid groups is 1. The minimum atomic E-state index is -4.22. The van der Waals surface area contributed by atoms with Crippen LogP contribution in [0.15, 0.2) is 6.33 Å². The summed E-state index contributed by atoms with van der Waals surface area (Å²) in [7, 11) is -4.22. The van der Waals surface area contributed by atoms with Crippen LogP contribution in [0.4, 0.5) is 5.82 Å². The first-order valence-corrected chi connectivity index (χ1v) is 10.4. The topological polar surface area (TPSA) is 132 Å². The molecule has 11 nitrogen and oxygen atoms in total. The normalized spacial score (nSPS) is 33.4. The van der Waals surface area contributed by atoms with Crippen LogP contribution in [0, 0.1) is 0 Å². The van der Waals surface area contributed by atoms with Crippen molar-refractivity contribution in [1.29, 1.82) is 0 Å². The Hall–Kier alpha value is -1.33. The van der Waals surface area contributed by atoms with Gasteiger partial charge in [-0.15, -0.1) is 0 Å². The van der Waals surface area contributed by atoms with Gasteiger partial charge in [0.05, 0.1) is 6.61 Å². The molecule has 0 saturated carbocycles. The molecule has 0 spiro atoms. The molecule has 2 aromatic heterocycles. The Balaban J connectivity index is 1.76. The Labute approximate surface area is 159 Å². The molecule has 13 heteroatoms. The van der Waals surface area contributed by atoms with E-state index in [1.807, 2.05) is 18.7 Å². The van der Waals surface area contributed by atoms with Crippen molar-refractivity contribution in [3.8, 4) is 0 Å². The van der Waals surface area contributed by atoms with E-state index < -0.39 is 32.4 Å². The molecular weight excluding hydrogens is 401 g/mol. The Bertz CT molecular complexity index is 907. The second-order valence-corrected chi connectivity index (χ2v) is 7.93. The van der Waals surface area contributed by atoms with Gasteiger partial charge in [0.1, 0.15) is 24.6 Å². The molecule has 0 radical (unpaired) electrons. The molecule has 0 bridgehead atoms. The molecule has 148 valence electrons. The molecule has 2 aliphatic rings. The second-order valence-electron chi connectivity index (χ2n) is 6.18. The van der Waals surface area contributed by atoms with Crippen LogP contribution in [0.2, 0.25) is 5.28 Å². The number of fused-ring (bicyclic) bond motifs is 2. The fourth-order valence-electron chi connectivity index (χ4n) is 3.40. The minimum Gasteiger partial charge on any atom is -0.386 e. The zero-order chi connectivity index (χ0) is 19.3. The number of halogens is 1. The van der Waals surface area contributed by atoms with Gasteiger partial charge in [-0.2, -0.15) is 0 Å². The summed E-state index contributed by atoms with van der Waals surface area (Å²) in [6.45, 7) is 5.24. The number of nitrogens with zero attached hydrogens (tertiary/aromatic N) is 5.